The van der Waals surface area contributed by atoms with Crippen LogP contribution in [0.4, 0.5) is 21.6 Å². The molecule has 4 aromatic rings. The van der Waals surface area contributed by atoms with Gasteiger partial charge in [-0.3, -0.25) is 14.7 Å². The predicted octanol–water partition coefficient (Wildman–Crippen LogP) is 6.84. The first-order valence-electron chi connectivity index (χ1n) is 15.6. The lowest BCUT2D eigenvalue weighted by atomic mass is 9.82. The first-order chi connectivity index (χ1) is 20.6. The van der Waals surface area contributed by atoms with E-state index in [9.17, 15) is 9.18 Å². The number of benzene rings is 1. The fourth-order valence-electron chi connectivity index (χ4n) is 7.22. The number of piperidine rings is 1. The van der Waals surface area contributed by atoms with E-state index in [0.29, 0.717) is 23.2 Å². The number of hydrogen-bond acceptors (Lipinski definition) is 6. The van der Waals surface area contributed by atoms with Crippen LogP contribution in [-0.2, 0) is 10.2 Å². The molecular formula is C34H40FN7O. The number of halogens is 1. The standard InChI is InChI=1S/C34H40FN7O/c1-20(2)41-19-37-29-16-28(39-32(31(29)41)38-27-10-11-36-17-26(27)35)22-8-9-25-30(13-22)42(33(43)34(25,4)5)24-14-23(15-24)40-12-6-7-21(3)18-40/h8-11,13,16-17,19-21,23-24H,6-7,12,14-15,18H2,1-5H3,(H,36,38,39)/t21-,23-,24+/m1/s1. The fourth-order valence-corrected chi connectivity index (χ4v) is 7.22. The minimum absolute atomic E-state index is 0.140. The maximum atomic E-state index is 14.7. The van der Waals surface area contributed by atoms with E-state index in [1.807, 2.05) is 30.5 Å². The molecule has 1 aromatic carbocycles. The Hall–Kier alpha value is -3.85. The van der Waals surface area contributed by atoms with Crippen LogP contribution in [-0.4, -0.2) is 55.5 Å². The largest absolute Gasteiger partial charge is 0.336 e. The Morgan fingerprint density at radius 2 is 1.93 bits per heavy atom. The van der Waals surface area contributed by atoms with E-state index < -0.39 is 11.2 Å². The molecule has 3 aliphatic rings. The quantitative estimate of drug-likeness (QED) is 0.269. The Kier molecular flexibility index (Phi) is 6.76. The van der Waals surface area contributed by atoms with Gasteiger partial charge in [-0.1, -0.05) is 19.1 Å². The summed E-state index contributed by atoms with van der Waals surface area (Å²) < 4.78 is 16.7. The summed E-state index contributed by atoms with van der Waals surface area (Å²) in [7, 11) is 0. The normalized spacial score (nSPS) is 23.6. The van der Waals surface area contributed by atoms with Gasteiger partial charge in [0.15, 0.2) is 11.6 Å². The first kappa shape index (κ1) is 28.0. The Bertz CT molecular complexity index is 1710. The number of imidazole rings is 1. The lowest BCUT2D eigenvalue weighted by Crippen LogP contribution is -2.57. The van der Waals surface area contributed by atoms with Gasteiger partial charge in [0.1, 0.15) is 5.52 Å². The molecule has 1 N–H and O–H groups in total. The van der Waals surface area contributed by atoms with E-state index in [0.717, 1.165) is 53.2 Å². The molecular weight excluding hydrogens is 541 g/mol. The topological polar surface area (TPSA) is 79.2 Å². The molecule has 43 heavy (non-hydrogen) atoms. The van der Waals surface area contributed by atoms with Gasteiger partial charge in [-0.25, -0.2) is 14.4 Å². The SMILES string of the molecule is CC(C)n1cnc2cc(-c3ccc4c(c3)N([C@H]3C[C@@H](N5CCC[C@@H](C)C5)C3)C(=O)C4(C)C)nc(Nc3ccncc3F)c21. The Morgan fingerprint density at radius 3 is 2.67 bits per heavy atom. The Morgan fingerprint density at radius 1 is 1.12 bits per heavy atom. The highest BCUT2D eigenvalue weighted by molar-refractivity contribution is 6.08. The summed E-state index contributed by atoms with van der Waals surface area (Å²) in [6.07, 6.45) is 9.15. The molecule has 9 heteroatoms. The van der Waals surface area contributed by atoms with Crippen LogP contribution < -0.4 is 10.2 Å². The molecule has 1 atom stereocenters. The maximum absolute atomic E-state index is 14.7. The molecule has 1 saturated carbocycles. The van der Waals surface area contributed by atoms with Gasteiger partial charge in [0, 0.05) is 42.1 Å². The molecule has 3 aromatic heterocycles. The zero-order valence-corrected chi connectivity index (χ0v) is 25.6. The lowest BCUT2D eigenvalue weighted by molar-refractivity contribution is -0.123. The number of amides is 1. The van der Waals surface area contributed by atoms with E-state index in [1.54, 1.807) is 18.6 Å². The van der Waals surface area contributed by atoms with Gasteiger partial charge in [-0.15, -0.1) is 0 Å². The van der Waals surface area contributed by atoms with Gasteiger partial charge < -0.3 is 14.8 Å². The number of hydrogen-bond donors (Lipinski definition) is 1. The summed E-state index contributed by atoms with van der Waals surface area (Å²) in [6, 6.07) is 10.7. The Labute approximate surface area is 252 Å². The van der Waals surface area contributed by atoms with E-state index in [2.05, 4.69) is 58.0 Å². The summed E-state index contributed by atoms with van der Waals surface area (Å²) in [4.78, 5) is 32.2. The van der Waals surface area contributed by atoms with Crippen LogP contribution in [0.15, 0.2) is 49.1 Å². The minimum Gasteiger partial charge on any atom is -0.336 e. The molecule has 0 radical (unpaired) electrons. The van der Waals surface area contributed by atoms with Crippen LogP contribution in [0.3, 0.4) is 0 Å². The first-order valence-corrected chi connectivity index (χ1v) is 15.6. The van der Waals surface area contributed by atoms with Crippen molar-refractivity contribution in [3.8, 4) is 11.3 Å². The van der Waals surface area contributed by atoms with Crippen molar-refractivity contribution in [3.05, 3.63) is 60.4 Å². The van der Waals surface area contributed by atoms with Crippen molar-refractivity contribution >= 4 is 34.1 Å². The fraction of sp³-hybridized carbons (Fsp3) is 0.471. The highest BCUT2D eigenvalue weighted by Crippen LogP contribution is 2.48. The average Bonchev–Trinajstić information content (AvgIpc) is 3.47. The Balaban J connectivity index is 1.25. The molecule has 0 bridgehead atoms. The van der Waals surface area contributed by atoms with E-state index >= 15 is 0 Å². The molecule has 224 valence electrons. The molecule has 1 saturated heterocycles. The zero-order chi connectivity index (χ0) is 30.0. The zero-order valence-electron chi connectivity index (χ0n) is 25.6. The second-order valence-electron chi connectivity index (χ2n) is 13.5. The lowest BCUT2D eigenvalue weighted by Gasteiger charge is -2.48. The second-order valence-corrected chi connectivity index (χ2v) is 13.5. The predicted molar refractivity (Wildman–Crippen MR) is 168 cm³/mol. The molecule has 0 unspecified atom stereocenters. The molecule has 7 rings (SSSR count). The van der Waals surface area contributed by atoms with Crippen molar-refractivity contribution < 1.29 is 9.18 Å². The van der Waals surface area contributed by atoms with Gasteiger partial charge in [-0.05, 0) is 89.6 Å². The third-order valence-corrected chi connectivity index (χ3v) is 9.77. The van der Waals surface area contributed by atoms with Crippen molar-refractivity contribution in [2.75, 3.05) is 23.3 Å². The number of aromatic nitrogens is 4. The van der Waals surface area contributed by atoms with Crippen LogP contribution in [0.25, 0.3) is 22.3 Å². The van der Waals surface area contributed by atoms with Crippen LogP contribution >= 0.6 is 0 Å². The number of fused-ring (bicyclic) bond motifs is 2. The monoisotopic (exact) mass is 581 g/mol. The van der Waals surface area contributed by atoms with Gasteiger partial charge >= 0.3 is 0 Å². The van der Waals surface area contributed by atoms with E-state index in [4.69, 9.17) is 4.98 Å². The highest BCUT2D eigenvalue weighted by Gasteiger charge is 2.50. The van der Waals surface area contributed by atoms with Crippen LogP contribution in [0, 0.1) is 11.7 Å². The van der Waals surface area contributed by atoms with Gasteiger partial charge in [-0.2, -0.15) is 0 Å². The van der Waals surface area contributed by atoms with E-state index in [1.165, 1.54) is 25.6 Å². The van der Waals surface area contributed by atoms with Crippen molar-refractivity contribution in [3.63, 3.8) is 0 Å². The summed E-state index contributed by atoms with van der Waals surface area (Å²) in [5.74, 6) is 0.986. The van der Waals surface area contributed by atoms with Crippen LogP contribution in [0.1, 0.15) is 71.9 Å². The molecule has 1 amide bonds. The van der Waals surface area contributed by atoms with Gasteiger partial charge in [0.2, 0.25) is 5.91 Å². The third kappa shape index (κ3) is 4.69. The molecule has 2 fully saturated rings. The molecule has 5 heterocycles. The smallest absolute Gasteiger partial charge is 0.237 e. The molecule has 0 spiro atoms. The summed E-state index contributed by atoms with van der Waals surface area (Å²) >= 11 is 0. The highest BCUT2D eigenvalue weighted by atomic mass is 19.1. The number of likely N-dealkylation sites (tertiary alicyclic amines) is 1. The van der Waals surface area contributed by atoms with Gasteiger partial charge in [0.05, 0.1) is 34.8 Å². The molecule has 8 nitrogen and oxygen atoms in total. The summed E-state index contributed by atoms with van der Waals surface area (Å²) in [6.45, 7) is 12.9. The summed E-state index contributed by atoms with van der Waals surface area (Å²) in [5.41, 5.74) is 4.93. The third-order valence-electron chi connectivity index (χ3n) is 9.77. The number of nitrogens with one attached hydrogen (secondary N) is 1. The van der Waals surface area contributed by atoms with Crippen molar-refractivity contribution in [2.24, 2.45) is 5.92 Å². The molecule has 1 aliphatic carbocycles. The number of pyridine rings is 2. The van der Waals surface area contributed by atoms with Crippen molar-refractivity contribution in [1.29, 1.82) is 0 Å². The van der Waals surface area contributed by atoms with Crippen LogP contribution in [0.5, 0.6) is 0 Å². The number of anilines is 3. The molecule has 2 aliphatic heterocycles. The summed E-state index contributed by atoms with van der Waals surface area (Å²) in [5, 5.41) is 3.21. The van der Waals surface area contributed by atoms with Gasteiger partial charge in [0.25, 0.3) is 0 Å². The van der Waals surface area contributed by atoms with Crippen molar-refractivity contribution in [1.82, 2.24) is 24.4 Å². The van der Waals surface area contributed by atoms with E-state index in [-0.39, 0.29) is 18.0 Å². The maximum Gasteiger partial charge on any atom is 0.237 e. The second kappa shape index (κ2) is 10.4. The van der Waals surface area contributed by atoms with Crippen molar-refractivity contribution in [2.45, 2.75) is 83.8 Å². The van der Waals surface area contributed by atoms with Crippen LogP contribution in [0.2, 0.25) is 0 Å². The number of carbonyl (C=O) groups excluding carboxylic acids is 1. The minimum atomic E-state index is -0.586. The number of rotatable bonds is 6. The average molecular weight is 582 g/mol. The number of nitrogens with zero attached hydrogens (tertiary/aromatic N) is 6. The number of carbonyl (C=O) groups is 1.